The van der Waals surface area contributed by atoms with Gasteiger partial charge in [0, 0.05) is 29.5 Å². The van der Waals surface area contributed by atoms with Crippen LogP contribution in [0, 0.1) is 0 Å². The molecule has 0 bridgehead atoms. The highest BCUT2D eigenvalue weighted by atomic mass is 32.1. The second kappa shape index (κ2) is 7.06. The van der Waals surface area contributed by atoms with Crippen molar-refractivity contribution in [2.45, 2.75) is 19.5 Å². The number of pyridine rings is 1. The molecule has 1 unspecified atom stereocenters. The third-order valence-electron chi connectivity index (χ3n) is 3.29. The highest BCUT2D eigenvalue weighted by Crippen LogP contribution is 2.18. The second-order valence-corrected chi connectivity index (χ2v) is 6.07. The molecule has 3 rings (SSSR count). The van der Waals surface area contributed by atoms with Gasteiger partial charge in [0.2, 0.25) is 0 Å². The third-order valence-corrected chi connectivity index (χ3v) is 4.35. The SMILES string of the molecule is CC(NC(=O)Nc1ccn(Cc2ccncc2)n1)c1cccs1. The molecular formula is C16H17N5OS. The molecule has 0 aliphatic rings. The molecule has 3 aromatic rings. The van der Waals surface area contributed by atoms with Crippen molar-refractivity contribution in [2.75, 3.05) is 5.32 Å². The molecular weight excluding hydrogens is 310 g/mol. The molecule has 23 heavy (non-hydrogen) atoms. The van der Waals surface area contributed by atoms with Crippen molar-refractivity contribution in [3.63, 3.8) is 0 Å². The molecule has 7 heteroatoms. The molecule has 1 atom stereocenters. The molecule has 0 aromatic carbocycles. The number of urea groups is 1. The lowest BCUT2D eigenvalue weighted by atomic mass is 10.3. The molecule has 0 aliphatic heterocycles. The van der Waals surface area contributed by atoms with E-state index in [4.69, 9.17) is 0 Å². The summed E-state index contributed by atoms with van der Waals surface area (Å²) in [4.78, 5) is 17.1. The summed E-state index contributed by atoms with van der Waals surface area (Å²) in [5.41, 5.74) is 1.10. The Morgan fingerprint density at radius 2 is 2.13 bits per heavy atom. The van der Waals surface area contributed by atoms with E-state index in [0.717, 1.165) is 10.4 Å². The lowest BCUT2D eigenvalue weighted by Crippen LogP contribution is -2.30. The van der Waals surface area contributed by atoms with Gasteiger partial charge in [-0.25, -0.2) is 4.79 Å². The number of amides is 2. The number of aromatic nitrogens is 3. The Morgan fingerprint density at radius 3 is 2.87 bits per heavy atom. The van der Waals surface area contributed by atoms with E-state index in [9.17, 15) is 4.79 Å². The quantitative estimate of drug-likeness (QED) is 0.755. The standard InChI is InChI=1S/C16H17N5OS/c1-12(14-3-2-10-23-14)18-16(22)19-15-6-9-21(20-15)11-13-4-7-17-8-5-13/h2-10,12H,11H2,1H3,(H2,18,19,20,22). The molecule has 6 nitrogen and oxygen atoms in total. The van der Waals surface area contributed by atoms with Gasteiger partial charge in [-0.2, -0.15) is 5.10 Å². The maximum absolute atomic E-state index is 12.0. The summed E-state index contributed by atoms with van der Waals surface area (Å²) in [5.74, 6) is 0.523. The maximum Gasteiger partial charge on any atom is 0.320 e. The number of rotatable bonds is 5. The summed E-state index contributed by atoms with van der Waals surface area (Å²) >= 11 is 1.62. The summed E-state index contributed by atoms with van der Waals surface area (Å²) in [7, 11) is 0. The first kappa shape index (κ1) is 15.2. The van der Waals surface area contributed by atoms with Gasteiger partial charge in [0.05, 0.1) is 12.6 Å². The Kier molecular flexibility index (Phi) is 4.68. The predicted molar refractivity (Wildman–Crippen MR) is 90.5 cm³/mol. The fourth-order valence-corrected chi connectivity index (χ4v) is 2.88. The maximum atomic E-state index is 12.0. The zero-order chi connectivity index (χ0) is 16.1. The zero-order valence-electron chi connectivity index (χ0n) is 12.6. The van der Waals surface area contributed by atoms with Gasteiger partial charge in [-0.15, -0.1) is 11.3 Å². The second-order valence-electron chi connectivity index (χ2n) is 5.09. The first-order valence-corrected chi connectivity index (χ1v) is 8.12. The molecule has 0 aliphatic carbocycles. The average Bonchev–Trinajstić information content (AvgIpc) is 3.20. The fraction of sp³-hybridized carbons (Fsp3) is 0.188. The monoisotopic (exact) mass is 327 g/mol. The zero-order valence-corrected chi connectivity index (χ0v) is 13.5. The molecule has 0 saturated heterocycles. The van der Waals surface area contributed by atoms with E-state index < -0.39 is 0 Å². The van der Waals surface area contributed by atoms with Crippen LogP contribution in [0.1, 0.15) is 23.4 Å². The molecule has 0 radical (unpaired) electrons. The van der Waals surface area contributed by atoms with E-state index in [-0.39, 0.29) is 12.1 Å². The Balaban J connectivity index is 1.55. The molecule has 2 N–H and O–H groups in total. The minimum atomic E-state index is -0.264. The van der Waals surface area contributed by atoms with E-state index in [1.807, 2.05) is 42.8 Å². The molecule has 3 heterocycles. The number of carbonyl (C=O) groups is 1. The van der Waals surface area contributed by atoms with E-state index in [0.29, 0.717) is 12.4 Å². The lowest BCUT2D eigenvalue weighted by Gasteiger charge is -2.12. The Hall–Kier alpha value is -2.67. The van der Waals surface area contributed by atoms with Crippen LogP contribution in [-0.4, -0.2) is 20.8 Å². The Morgan fingerprint density at radius 1 is 1.30 bits per heavy atom. The number of carbonyl (C=O) groups excluding carboxylic acids is 1. The minimum Gasteiger partial charge on any atom is -0.330 e. The highest BCUT2D eigenvalue weighted by Gasteiger charge is 2.11. The van der Waals surface area contributed by atoms with E-state index in [2.05, 4.69) is 20.7 Å². The summed E-state index contributed by atoms with van der Waals surface area (Å²) < 4.78 is 1.77. The molecule has 0 spiro atoms. The van der Waals surface area contributed by atoms with Crippen molar-refractivity contribution < 1.29 is 4.79 Å². The van der Waals surface area contributed by atoms with Gasteiger partial charge in [0.15, 0.2) is 5.82 Å². The molecule has 2 amide bonds. The number of nitrogens with one attached hydrogen (secondary N) is 2. The number of hydrogen-bond donors (Lipinski definition) is 2. The number of anilines is 1. The van der Waals surface area contributed by atoms with Gasteiger partial charge in [0.1, 0.15) is 0 Å². The Bertz CT molecular complexity index is 754. The third kappa shape index (κ3) is 4.17. The minimum absolute atomic E-state index is 0.0334. The predicted octanol–water partition coefficient (Wildman–Crippen LogP) is 3.27. The average molecular weight is 327 g/mol. The van der Waals surface area contributed by atoms with Gasteiger partial charge < -0.3 is 5.32 Å². The van der Waals surface area contributed by atoms with E-state index in [1.54, 1.807) is 34.5 Å². The lowest BCUT2D eigenvalue weighted by molar-refractivity contribution is 0.249. The van der Waals surface area contributed by atoms with Crippen LogP contribution in [-0.2, 0) is 6.54 Å². The summed E-state index contributed by atoms with van der Waals surface area (Å²) in [6.45, 7) is 2.59. The summed E-state index contributed by atoms with van der Waals surface area (Å²) in [5, 5.41) is 12.0. The van der Waals surface area contributed by atoms with Crippen molar-refractivity contribution in [1.82, 2.24) is 20.1 Å². The van der Waals surface area contributed by atoms with Gasteiger partial charge in [-0.3, -0.25) is 15.0 Å². The van der Waals surface area contributed by atoms with Crippen LogP contribution in [0.15, 0.2) is 54.3 Å². The molecule has 3 aromatic heterocycles. The largest absolute Gasteiger partial charge is 0.330 e. The topological polar surface area (TPSA) is 71.8 Å². The van der Waals surface area contributed by atoms with Crippen LogP contribution in [0.5, 0.6) is 0 Å². The normalized spacial score (nSPS) is 11.9. The first-order chi connectivity index (χ1) is 11.2. The number of hydrogen-bond acceptors (Lipinski definition) is 4. The van der Waals surface area contributed by atoms with Crippen LogP contribution < -0.4 is 10.6 Å². The fourth-order valence-electron chi connectivity index (χ4n) is 2.15. The molecule has 118 valence electrons. The van der Waals surface area contributed by atoms with Crippen LogP contribution in [0.2, 0.25) is 0 Å². The first-order valence-electron chi connectivity index (χ1n) is 7.24. The van der Waals surface area contributed by atoms with Gasteiger partial charge in [-0.1, -0.05) is 6.07 Å². The smallest absolute Gasteiger partial charge is 0.320 e. The van der Waals surface area contributed by atoms with Gasteiger partial charge in [-0.05, 0) is 36.1 Å². The van der Waals surface area contributed by atoms with Crippen LogP contribution in [0.3, 0.4) is 0 Å². The van der Waals surface area contributed by atoms with Crippen molar-refractivity contribution in [2.24, 2.45) is 0 Å². The molecule has 0 saturated carbocycles. The van der Waals surface area contributed by atoms with Gasteiger partial charge in [0.25, 0.3) is 0 Å². The van der Waals surface area contributed by atoms with Crippen molar-refractivity contribution in [1.29, 1.82) is 0 Å². The van der Waals surface area contributed by atoms with Crippen LogP contribution in [0.25, 0.3) is 0 Å². The van der Waals surface area contributed by atoms with Crippen LogP contribution in [0.4, 0.5) is 10.6 Å². The summed E-state index contributed by atoms with van der Waals surface area (Å²) in [6.07, 6.45) is 5.33. The van der Waals surface area contributed by atoms with Crippen molar-refractivity contribution in [3.05, 3.63) is 64.7 Å². The van der Waals surface area contributed by atoms with Crippen LogP contribution >= 0.6 is 11.3 Å². The van der Waals surface area contributed by atoms with Gasteiger partial charge >= 0.3 is 6.03 Å². The highest BCUT2D eigenvalue weighted by molar-refractivity contribution is 7.10. The Labute approximate surface area is 138 Å². The summed E-state index contributed by atoms with van der Waals surface area (Å²) in [6, 6.07) is 9.31. The van der Waals surface area contributed by atoms with Crippen molar-refractivity contribution >= 4 is 23.2 Å². The molecule has 0 fully saturated rings. The van der Waals surface area contributed by atoms with E-state index >= 15 is 0 Å². The van der Waals surface area contributed by atoms with Crippen molar-refractivity contribution in [3.8, 4) is 0 Å². The van der Waals surface area contributed by atoms with E-state index in [1.165, 1.54) is 0 Å². The number of nitrogens with zero attached hydrogens (tertiary/aromatic N) is 3. The number of thiophene rings is 1.